The lowest BCUT2D eigenvalue weighted by Gasteiger charge is -2.57. The fraction of sp³-hybridized carbons (Fsp3) is 0.667. The molecule has 5 rings (SSSR count). The maximum atomic E-state index is 13.9. The SMILES string of the molecule is CC(=O)O[C@H]1CC[C@@]2(C)C(=CC[C@@H]3[C@H]4CC[C@@H](C(=O)O[C@@H](c5ccccc5)C(F)(F)F)[C@@]4(C)CC[C@H]32)C1. The lowest BCUT2D eigenvalue weighted by atomic mass is 9.47. The van der Waals surface area contributed by atoms with Gasteiger partial charge in [-0.25, -0.2) is 0 Å². The molecule has 0 radical (unpaired) electrons. The van der Waals surface area contributed by atoms with Gasteiger partial charge in [-0.2, -0.15) is 13.2 Å². The van der Waals surface area contributed by atoms with E-state index in [0.717, 1.165) is 44.9 Å². The van der Waals surface area contributed by atoms with Crippen LogP contribution >= 0.6 is 0 Å². The van der Waals surface area contributed by atoms with E-state index in [2.05, 4.69) is 19.9 Å². The monoisotopic (exact) mass is 518 g/mol. The average molecular weight is 519 g/mol. The zero-order valence-corrected chi connectivity index (χ0v) is 21.9. The van der Waals surface area contributed by atoms with Crippen molar-refractivity contribution in [1.29, 1.82) is 0 Å². The van der Waals surface area contributed by atoms with Gasteiger partial charge >= 0.3 is 18.1 Å². The van der Waals surface area contributed by atoms with Crippen molar-refractivity contribution in [1.82, 2.24) is 0 Å². The molecule has 0 bridgehead atoms. The first-order valence-corrected chi connectivity index (χ1v) is 13.6. The number of alkyl halides is 3. The van der Waals surface area contributed by atoms with Crippen molar-refractivity contribution in [3.05, 3.63) is 47.5 Å². The topological polar surface area (TPSA) is 52.6 Å². The Balaban J connectivity index is 1.34. The highest BCUT2D eigenvalue weighted by Gasteiger charge is 2.61. The quantitative estimate of drug-likeness (QED) is 0.309. The molecule has 0 heterocycles. The third-order valence-corrected chi connectivity index (χ3v) is 10.3. The summed E-state index contributed by atoms with van der Waals surface area (Å²) in [6, 6.07) is 7.42. The van der Waals surface area contributed by atoms with Gasteiger partial charge in [-0.1, -0.05) is 55.8 Å². The average Bonchev–Trinajstić information content (AvgIpc) is 3.19. The first-order valence-electron chi connectivity index (χ1n) is 13.6. The van der Waals surface area contributed by atoms with Crippen molar-refractivity contribution < 1.29 is 32.2 Å². The largest absolute Gasteiger partial charge is 0.462 e. The number of benzene rings is 1. The number of carbonyl (C=O) groups is 2. The molecule has 1 aromatic carbocycles. The zero-order valence-electron chi connectivity index (χ0n) is 21.9. The number of hydrogen-bond acceptors (Lipinski definition) is 4. The molecule has 4 aliphatic rings. The smallest absolute Gasteiger partial charge is 0.429 e. The summed E-state index contributed by atoms with van der Waals surface area (Å²) >= 11 is 0. The van der Waals surface area contributed by atoms with Gasteiger partial charge in [-0.05, 0) is 73.5 Å². The van der Waals surface area contributed by atoms with Crippen LogP contribution in [-0.2, 0) is 19.1 Å². The van der Waals surface area contributed by atoms with Crippen molar-refractivity contribution in [2.45, 2.75) is 90.5 Å². The minimum absolute atomic E-state index is 0.0472. The van der Waals surface area contributed by atoms with Crippen LogP contribution in [0.15, 0.2) is 42.0 Å². The first-order chi connectivity index (χ1) is 17.4. The highest BCUT2D eigenvalue weighted by Crippen LogP contribution is 2.66. The lowest BCUT2D eigenvalue weighted by Crippen LogP contribution is -2.51. The van der Waals surface area contributed by atoms with Crippen molar-refractivity contribution in [2.24, 2.45) is 34.5 Å². The molecule has 37 heavy (non-hydrogen) atoms. The Bertz CT molecular complexity index is 1070. The van der Waals surface area contributed by atoms with Gasteiger partial charge in [-0.15, -0.1) is 0 Å². The lowest BCUT2D eigenvalue weighted by molar-refractivity contribution is -0.228. The maximum Gasteiger partial charge on any atom is 0.429 e. The molecule has 0 amide bonds. The van der Waals surface area contributed by atoms with E-state index in [4.69, 9.17) is 9.47 Å². The number of fused-ring (bicyclic) bond motifs is 5. The Kier molecular flexibility index (Phi) is 6.73. The Labute approximate surface area is 217 Å². The second-order valence-corrected chi connectivity index (χ2v) is 12.2. The summed E-state index contributed by atoms with van der Waals surface area (Å²) in [5, 5.41) is 0. The van der Waals surface area contributed by atoms with Gasteiger partial charge in [0.25, 0.3) is 0 Å². The van der Waals surface area contributed by atoms with Crippen LogP contribution in [0.2, 0.25) is 0 Å². The molecule has 202 valence electrons. The van der Waals surface area contributed by atoms with Gasteiger partial charge < -0.3 is 9.47 Å². The van der Waals surface area contributed by atoms with Gasteiger partial charge in [0.15, 0.2) is 0 Å². The van der Waals surface area contributed by atoms with Gasteiger partial charge in [0.05, 0.1) is 5.92 Å². The van der Waals surface area contributed by atoms with Crippen LogP contribution in [0.1, 0.15) is 83.8 Å². The summed E-state index contributed by atoms with van der Waals surface area (Å²) in [6.07, 6.45) is 2.08. The van der Waals surface area contributed by atoms with E-state index in [-0.39, 0.29) is 34.4 Å². The highest BCUT2D eigenvalue weighted by atomic mass is 19.4. The van der Waals surface area contributed by atoms with E-state index < -0.39 is 24.2 Å². The van der Waals surface area contributed by atoms with E-state index in [0.29, 0.717) is 18.3 Å². The van der Waals surface area contributed by atoms with Gasteiger partial charge in [0, 0.05) is 18.9 Å². The maximum absolute atomic E-state index is 13.9. The second-order valence-electron chi connectivity index (χ2n) is 12.2. The first kappa shape index (κ1) is 26.3. The molecular weight excluding hydrogens is 481 g/mol. The second kappa shape index (κ2) is 9.46. The number of allylic oxidation sites excluding steroid dienone is 1. The van der Waals surface area contributed by atoms with Crippen LogP contribution in [-0.4, -0.2) is 24.2 Å². The van der Waals surface area contributed by atoms with Crippen LogP contribution in [0, 0.1) is 34.5 Å². The van der Waals surface area contributed by atoms with E-state index >= 15 is 0 Å². The molecule has 8 atom stereocenters. The third-order valence-electron chi connectivity index (χ3n) is 10.3. The number of hydrogen-bond donors (Lipinski definition) is 0. The summed E-state index contributed by atoms with van der Waals surface area (Å²) in [5.41, 5.74) is 1.03. The minimum atomic E-state index is -4.67. The number of halogens is 3. The molecule has 7 heteroatoms. The number of carbonyl (C=O) groups excluding carboxylic acids is 2. The van der Waals surface area contributed by atoms with E-state index in [1.807, 2.05) is 0 Å². The highest BCUT2D eigenvalue weighted by molar-refractivity contribution is 5.74. The Hall–Kier alpha value is -2.31. The molecule has 4 aliphatic carbocycles. The van der Waals surface area contributed by atoms with Crippen LogP contribution in [0.5, 0.6) is 0 Å². The van der Waals surface area contributed by atoms with Crippen LogP contribution in [0.3, 0.4) is 0 Å². The van der Waals surface area contributed by atoms with Crippen molar-refractivity contribution in [2.75, 3.05) is 0 Å². The molecule has 0 saturated heterocycles. The fourth-order valence-electron chi connectivity index (χ4n) is 8.50. The Morgan fingerprint density at radius 3 is 2.41 bits per heavy atom. The summed E-state index contributed by atoms with van der Waals surface area (Å²) < 4.78 is 52.5. The molecule has 0 aromatic heterocycles. The molecular formula is C30H37F3O4. The van der Waals surface area contributed by atoms with Gasteiger partial charge in [0.1, 0.15) is 6.10 Å². The molecule has 4 nitrogen and oxygen atoms in total. The summed E-state index contributed by atoms with van der Waals surface area (Å²) in [6.45, 7) is 5.91. The predicted octanol–water partition coefficient (Wildman–Crippen LogP) is 7.34. The normalized spacial score (nSPS) is 37.9. The molecule has 0 aliphatic heterocycles. The van der Waals surface area contributed by atoms with Crippen molar-refractivity contribution >= 4 is 11.9 Å². The Morgan fingerprint density at radius 1 is 1.00 bits per heavy atom. The summed E-state index contributed by atoms with van der Waals surface area (Å²) in [7, 11) is 0. The Morgan fingerprint density at radius 2 is 1.73 bits per heavy atom. The van der Waals surface area contributed by atoms with E-state index in [1.165, 1.54) is 36.8 Å². The van der Waals surface area contributed by atoms with Crippen LogP contribution < -0.4 is 0 Å². The standard InChI is InChI=1S/C30H37F3O4/c1-18(34)36-21-13-15-28(2)20(17-21)9-10-22-23-11-12-25(29(23,3)16-14-24(22)28)27(35)37-26(30(31,32)33)19-7-5-4-6-8-19/h4-9,21-26H,10-17H2,1-3H3/t21-,22+,23+,24+,25-,26-,28-,29-/m0/s1. The van der Waals surface area contributed by atoms with Crippen molar-refractivity contribution in [3.8, 4) is 0 Å². The fourth-order valence-corrected chi connectivity index (χ4v) is 8.50. The molecule has 0 unspecified atom stereocenters. The van der Waals surface area contributed by atoms with Crippen LogP contribution in [0.25, 0.3) is 0 Å². The third kappa shape index (κ3) is 4.61. The number of rotatable bonds is 4. The number of ether oxygens (including phenoxy) is 2. The summed E-state index contributed by atoms with van der Waals surface area (Å²) in [5.74, 6) is -0.306. The van der Waals surface area contributed by atoms with E-state index in [1.54, 1.807) is 6.07 Å². The van der Waals surface area contributed by atoms with E-state index in [9.17, 15) is 22.8 Å². The minimum Gasteiger partial charge on any atom is -0.462 e. The zero-order chi connectivity index (χ0) is 26.6. The number of esters is 2. The van der Waals surface area contributed by atoms with Gasteiger partial charge in [0.2, 0.25) is 6.10 Å². The molecule has 3 fully saturated rings. The molecule has 0 N–H and O–H groups in total. The molecule has 1 aromatic rings. The van der Waals surface area contributed by atoms with Gasteiger partial charge in [-0.3, -0.25) is 9.59 Å². The van der Waals surface area contributed by atoms with Crippen molar-refractivity contribution in [3.63, 3.8) is 0 Å². The van der Waals surface area contributed by atoms with Crippen LogP contribution in [0.4, 0.5) is 13.2 Å². The summed E-state index contributed by atoms with van der Waals surface area (Å²) in [4.78, 5) is 24.8. The predicted molar refractivity (Wildman–Crippen MR) is 132 cm³/mol. The molecule has 3 saturated carbocycles. The molecule has 0 spiro atoms.